The molecule has 0 aliphatic carbocycles. The molecule has 1 heterocycles. The Morgan fingerprint density at radius 3 is 2.84 bits per heavy atom. The second-order valence-electron chi connectivity index (χ2n) is 3.96. The minimum absolute atomic E-state index is 0.00842. The number of methoxy groups -OCH3 is 1. The molecule has 0 saturated heterocycles. The van der Waals surface area contributed by atoms with Crippen LogP contribution in [0.5, 0.6) is 0 Å². The van der Waals surface area contributed by atoms with Gasteiger partial charge < -0.3 is 14.8 Å². The van der Waals surface area contributed by atoms with Crippen LogP contribution in [0.15, 0.2) is 12.1 Å². The molecule has 1 rings (SSSR count). The average molecular weight is 269 g/mol. The summed E-state index contributed by atoms with van der Waals surface area (Å²) in [5.41, 5.74) is 0.732. The Labute approximate surface area is 112 Å². The third-order valence-electron chi connectivity index (χ3n) is 2.40. The number of nitro groups is 1. The molecule has 0 unspecified atom stereocenters. The maximum absolute atomic E-state index is 10.8. The molecule has 7 heteroatoms. The zero-order valence-corrected chi connectivity index (χ0v) is 11.2. The van der Waals surface area contributed by atoms with Gasteiger partial charge in [-0.2, -0.15) is 0 Å². The summed E-state index contributed by atoms with van der Waals surface area (Å²) in [7, 11) is 1.62. The van der Waals surface area contributed by atoms with Gasteiger partial charge >= 0.3 is 5.69 Å². The molecule has 1 aromatic rings. The van der Waals surface area contributed by atoms with E-state index in [1.807, 2.05) is 0 Å². The first-order valence-corrected chi connectivity index (χ1v) is 6.07. The molecule has 1 N–H and O–H groups in total. The first kappa shape index (κ1) is 15.3. The Balaban J connectivity index is 2.36. The van der Waals surface area contributed by atoms with E-state index in [-0.39, 0.29) is 5.69 Å². The molecule has 0 amide bonds. The van der Waals surface area contributed by atoms with E-state index in [4.69, 9.17) is 9.47 Å². The van der Waals surface area contributed by atoms with Gasteiger partial charge in [-0.15, -0.1) is 0 Å². The summed E-state index contributed by atoms with van der Waals surface area (Å²) in [6.45, 7) is 4.07. The third kappa shape index (κ3) is 5.62. The van der Waals surface area contributed by atoms with E-state index in [2.05, 4.69) is 10.3 Å². The van der Waals surface area contributed by atoms with Crippen molar-refractivity contribution in [2.45, 2.75) is 13.3 Å². The number of hydrogen-bond donors (Lipinski definition) is 1. The van der Waals surface area contributed by atoms with Crippen LogP contribution in [-0.2, 0) is 9.47 Å². The molecule has 1 aromatic heterocycles. The highest BCUT2D eigenvalue weighted by Gasteiger charge is 2.14. The van der Waals surface area contributed by atoms with Crippen molar-refractivity contribution in [1.82, 2.24) is 4.98 Å². The lowest BCUT2D eigenvalue weighted by atomic mass is 10.3. The number of aromatic nitrogens is 1. The molecule has 0 radical (unpaired) electrons. The fourth-order valence-electron chi connectivity index (χ4n) is 1.45. The van der Waals surface area contributed by atoms with Crippen molar-refractivity contribution in [2.75, 3.05) is 38.8 Å². The second kappa shape index (κ2) is 8.39. The van der Waals surface area contributed by atoms with Crippen LogP contribution in [0, 0.1) is 17.0 Å². The molecule has 7 nitrogen and oxygen atoms in total. The minimum Gasteiger partial charge on any atom is -0.382 e. The average Bonchev–Trinajstić information content (AvgIpc) is 2.37. The summed E-state index contributed by atoms with van der Waals surface area (Å²) in [5.74, 6) is 0.307. The van der Waals surface area contributed by atoms with Crippen LogP contribution in [0.3, 0.4) is 0 Å². The quantitative estimate of drug-likeness (QED) is 0.417. The van der Waals surface area contributed by atoms with Gasteiger partial charge in [0.1, 0.15) is 0 Å². The van der Waals surface area contributed by atoms with E-state index in [0.717, 1.165) is 12.1 Å². The van der Waals surface area contributed by atoms with Gasteiger partial charge in [0.15, 0.2) is 0 Å². The summed E-state index contributed by atoms with van der Waals surface area (Å²) < 4.78 is 10.1. The lowest BCUT2D eigenvalue weighted by molar-refractivity contribution is -0.384. The predicted molar refractivity (Wildman–Crippen MR) is 71.4 cm³/mol. The van der Waals surface area contributed by atoms with Gasteiger partial charge in [-0.05, 0) is 19.4 Å². The number of aryl methyl sites for hydroxylation is 1. The van der Waals surface area contributed by atoms with Crippen LogP contribution in [0.4, 0.5) is 11.5 Å². The molecule has 0 spiro atoms. The van der Waals surface area contributed by atoms with Gasteiger partial charge in [0, 0.05) is 32.0 Å². The van der Waals surface area contributed by atoms with Crippen molar-refractivity contribution < 1.29 is 14.4 Å². The summed E-state index contributed by atoms with van der Waals surface area (Å²) in [6.07, 6.45) is 0.747. The van der Waals surface area contributed by atoms with Crippen LogP contribution < -0.4 is 5.32 Å². The molecule has 0 fully saturated rings. The largest absolute Gasteiger partial charge is 0.382 e. The van der Waals surface area contributed by atoms with Crippen LogP contribution in [0.25, 0.3) is 0 Å². The van der Waals surface area contributed by atoms with Gasteiger partial charge in [0.25, 0.3) is 0 Å². The Morgan fingerprint density at radius 2 is 2.16 bits per heavy atom. The molecule has 0 aliphatic rings. The number of nitrogens with one attached hydrogen (secondary N) is 1. The topological polar surface area (TPSA) is 86.5 Å². The maximum Gasteiger partial charge on any atom is 0.311 e. The first-order valence-electron chi connectivity index (χ1n) is 6.07. The highest BCUT2D eigenvalue weighted by Crippen LogP contribution is 2.21. The number of hydrogen-bond acceptors (Lipinski definition) is 6. The lowest BCUT2D eigenvalue weighted by Crippen LogP contribution is -2.10. The number of ether oxygens (including phenoxy) is 2. The molecule has 19 heavy (non-hydrogen) atoms. The van der Waals surface area contributed by atoms with Crippen molar-refractivity contribution in [3.8, 4) is 0 Å². The van der Waals surface area contributed by atoms with E-state index in [9.17, 15) is 10.1 Å². The summed E-state index contributed by atoms with van der Waals surface area (Å²) in [5, 5.41) is 13.8. The summed E-state index contributed by atoms with van der Waals surface area (Å²) in [6, 6.07) is 3.08. The molecule has 0 bridgehead atoms. The van der Waals surface area contributed by atoms with Gasteiger partial charge in [-0.1, -0.05) is 0 Å². The number of pyridine rings is 1. The summed E-state index contributed by atoms with van der Waals surface area (Å²) >= 11 is 0. The third-order valence-corrected chi connectivity index (χ3v) is 2.40. The highest BCUT2D eigenvalue weighted by molar-refractivity contribution is 5.55. The van der Waals surface area contributed by atoms with E-state index in [1.165, 1.54) is 6.07 Å². The molecular formula is C12H19N3O4. The predicted octanol–water partition coefficient (Wildman–Crippen LogP) is 1.76. The van der Waals surface area contributed by atoms with Crippen molar-refractivity contribution in [2.24, 2.45) is 0 Å². The van der Waals surface area contributed by atoms with Gasteiger partial charge in [-0.3, -0.25) is 10.1 Å². The van der Waals surface area contributed by atoms with Crippen molar-refractivity contribution >= 4 is 11.5 Å². The van der Waals surface area contributed by atoms with Crippen molar-refractivity contribution in [1.29, 1.82) is 0 Å². The Hall–Kier alpha value is -1.73. The Kier molecular flexibility index (Phi) is 6.76. The van der Waals surface area contributed by atoms with Gasteiger partial charge in [-0.25, -0.2) is 4.98 Å². The number of nitrogens with zero attached hydrogens (tertiary/aromatic N) is 2. The number of anilines is 1. The lowest BCUT2D eigenvalue weighted by Gasteiger charge is -2.07. The van der Waals surface area contributed by atoms with Crippen molar-refractivity contribution in [3.63, 3.8) is 0 Å². The van der Waals surface area contributed by atoms with Gasteiger partial charge in [0.05, 0.1) is 18.1 Å². The van der Waals surface area contributed by atoms with E-state index in [0.29, 0.717) is 32.2 Å². The maximum atomic E-state index is 10.8. The van der Waals surface area contributed by atoms with Crippen LogP contribution in [-0.4, -0.2) is 43.4 Å². The van der Waals surface area contributed by atoms with Crippen LogP contribution >= 0.6 is 0 Å². The van der Waals surface area contributed by atoms with E-state index in [1.54, 1.807) is 20.1 Å². The SMILES string of the molecule is COCCOCCCNc1nc(C)ccc1[N+](=O)[O-]. The monoisotopic (exact) mass is 269 g/mol. The van der Waals surface area contributed by atoms with Crippen molar-refractivity contribution in [3.05, 3.63) is 27.9 Å². The standard InChI is InChI=1S/C12H19N3O4/c1-10-4-5-11(15(16)17)12(14-10)13-6-3-7-19-9-8-18-2/h4-5H,3,6-9H2,1-2H3,(H,13,14). The fraction of sp³-hybridized carbons (Fsp3) is 0.583. The fourth-order valence-corrected chi connectivity index (χ4v) is 1.45. The molecule has 0 aromatic carbocycles. The van der Waals surface area contributed by atoms with Gasteiger partial charge in [0.2, 0.25) is 5.82 Å². The molecule has 0 atom stereocenters. The van der Waals surface area contributed by atoms with E-state index >= 15 is 0 Å². The van der Waals surface area contributed by atoms with Crippen LogP contribution in [0.2, 0.25) is 0 Å². The zero-order valence-electron chi connectivity index (χ0n) is 11.2. The molecule has 0 aliphatic heterocycles. The second-order valence-corrected chi connectivity index (χ2v) is 3.96. The molecule has 106 valence electrons. The highest BCUT2D eigenvalue weighted by atomic mass is 16.6. The first-order chi connectivity index (χ1) is 9.15. The minimum atomic E-state index is -0.441. The Bertz CT molecular complexity index is 412. The summed E-state index contributed by atoms with van der Waals surface area (Å²) in [4.78, 5) is 14.5. The Morgan fingerprint density at radius 1 is 1.37 bits per heavy atom. The normalized spacial score (nSPS) is 10.4. The molecule has 0 saturated carbocycles. The number of rotatable bonds is 9. The zero-order chi connectivity index (χ0) is 14.1. The van der Waals surface area contributed by atoms with E-state index < -0.39 is 4.92 Å². The van der Waals surface area contributed by atoms with Crippen LogP contribution in [0.1, 0.15) is 12.1 Å². The smallest absolute Gasteiger partial charge is 0.311 e. The molecular weight excluding hydrogens is 250 g/mol.